The SMILES string of the molecule is CC(C)COC1CC(N)C12CCCCCC2. The lowest BCUT2D eigenvalue weighted by atomic mass is 9.58. The molecule has 2 rings (SSSR count). The van der Waals surface area contributed by atoms with Gasteiger partial charge in [-0.05, 0) is 25.2 Å². The van der Waals surface area contributed by atoms with Crippen molar-refractivity contribution in [2.75, 3.05) is 6.61 Å². The van der Waals surface area contributed by atoms with E-state index in [1.807, 2.05) is 0 Å². The predicted octanol–water partition coefficient (Wildman–Crippen LogP) is 3.10. The first kappa shape index (κ1) is 12.4. The molecule has 0 aromatic carbocycles. The number of hydrogen-bond donors (Lipinski definition) is 1. The zero-order valence-electron chi connectivity index (χ0n) is 10.9. The summed E-state index contributed by atoms with van der Waals surface area (Å²) < 4.78 is 6.08. The summed E-state index contributed by atoms with van der Waals surface area (Å²) in [7, 11) is 0. The molecule has 0 amide bonds. The summed E-state index contributed by atoms with van der Waals surface area (Å²) in [6.07, 6.45) is 9.66. The molecular formula is C14H27NO. The van der Waals surface area contributed by atoms with Crippen molar-refractivity contribution < 1.29 is 4.74 Å². The van der Waals surface area contributed by atoms with Gasteiger partial charge in [-0.15, -0.1) is 0 Å². The lowest BCUT2D eigenvalue weighted by Crippen LogP contribution is -2.62. The summed E-state index contributed by atoms with van der Waals surface area (Å²) in [4.78, 5) is 0. The lowest BCUT2D eigenvalue weighted by molar-refractivity contribution is -0.139. The van der Waals surface area contributed by atoms with Gasteiger partial charge in [0.2, 0.25) is 0 Å². The van der Waals surface area contributed by atoms with Crippen molar-refractivity contribution in [3.8, 4) is 0 Å². The topological polar surface area (TPSA) is 35.2 Å². The maximum absolute atomic E-state index is 6.27. The Morgan fingerprint density at radius 3 is 2.31 bits per heavy atom. The molecule has 94 valence electrons. The molecule has 16 heavy (non-hydrogen) atoms. The summed E-state index contributed by atoms with van der Waals surface area (Å²) >= 11 is 0. The Hall–Kier alpha value is -0.0800. The molecule has 0 bridgehead atoms. The van der Waals surface area contributed by atoms with Crippen molar-refractivity contribution in [1.82, 2.24) is 0 Å². The molecule has 2 aliphatic carbocycles. The molecule has 0 aromatic heterocycles. The molecule has 2 N–H and O–H groups in total. The van der Waals surface area contributed by atoms with Gasteiger partial charge in [0.05, 0.1) is 6.10 Å². The maximum Gasteiger partial charge on any atom is 0.0661 e. The van der Waals surface area contributed by atoms with Crippen molar-refractivity contribution in [2.24, 2.45) is 17.1 Å². The molecule has 0 heterocycles. The van der Waals surface area contributed by atoms with Crippen LogP contribution in [0.3, 0.4) is 0 Å². The minimum atomic E-state index is 0.353. The molecule has 2 fully saturated rings. The molecule has 2 aliphatic rings. The molecule has 0 radical (unpaired) electrons. The first-order valence-electron chi connectivity index (χ1n) is 7.02. The Morgan fingerprint density at radius 2 is 1.81 bits per heavy atom. The Bertz CT molecular complexity index is 219. The van der Waals surface area contributed by atoms with Crippen LogP contribution in [0, 0.1) is 11.3 Å². The number of nitrogens with two attached hydrogens (primary N) is 1. The van der Waals surface area contributed by atoms with Crippen molar-refractivity contribution in [1.29, 1.82) is 0 Å². The summed E-state index contributed by atoms with van der Waals surface area (Å²) in [5, 5.41) is 0. The highest BCUT2D eigenvalue weighted by molar-refractivity contribution is 5.06. The van der Waals surface area contributed by atoms with Gasteiger partial charge < -0.3 is 10.5 Å². The number of rotatable bonds is 3. The van der Waals surface area contributed by atoms with Crippen LogP contribution >= 0.6 is 0 Å². The first-order valence-corrected chi connectivity index (χ1v) is 7.02. The van der Waals surface area contributed by atoms with E-state index >= 15 is 0 Å². The largest absolute Gasteiger partial charge is 0.377 e. The summed E-state index contributed by atoms with van der Waals surface area (Å²) in [6, 6.07) is 0.405. The van der Waals surface area contributed by atoms with Crippen LogP contribution in [0.5, 0.6) is 0 Å². The van der Waals surface area contributed by atoms with E-state index in [1.165, 1.54) is 38.5 Å². The van der Waals surface area contributed by atoms with Gasteiger partial charge in [0.15, 0.2) is 0 Å². The molecule has 0 saturated heterocycles. The lowest BCUT2D eigenvalue weighted by Gasteiger charge is -2.54. The Morgan fingerprint density at radius 1 is 1.19 bits per heavy atom. The number of ether oxygens (including phenoxy) is 1. The molecule has 2 unspecified atom stereocenters. The van der Waals surface area contributed by atoms with Gasteiger partial charge in [0.1, 0.15) is 0 Å². The van der Waals surface area contributed by atoms with E-state index in [2.05, 4.69) is 13.8 Å². The van der Waals surface area contributed by atoms with Crippen molar-refractivity contribution in [3.05, 3.63) is 0 Å². The van der Waals surface area contributed by atoms with Crippen LogP contribution in [0.15, 0.2) is 0 Å². The van der Waals surface area contributed by atoms with E-state index in [0.29, 0.717) is 23.5 Å². The highest BCUT2D eigenvalue weighted by Crippen LogP contribution is 2.51. The molecule has 0 aromatic rings. The summed E-state index contributed by atoms with van der Waals surface area (Å²) in [5.74, 6) is 0.639. The van der Waals surface area contributed by atoms with E-state index in [-0.39, 0.29) is 0 Å². The van der Waals surface area contributed by atoms with Gasteiger partial charge in [-0.25, -0.2) is 0 Å². The second-order valence-corrected chi connectivity index (χ2v) is 6.21. The standard InChI is InChI=1S/C14H27NO/c1-11(2)10-16-13-9-12(15)14(13)7-5-3-4-6-8-14/h11-13H,3-10,15H2,1-2H3. The maximum atomic E-state index is 6.27. The van der Waals surface area contributed by atoms with Gasteiger partial charge in [0.25, 0.3) is 0 Å². The fraction of sp³-hybridized carbons (Fsp3) is 1.00. The summed E-state index contributed by atoms with van der Waals surface area (Å²) in [5.41, 5.74) is 6.63. The average Bonchev–Trinajstić information content (AvgIpc) is 2.51. The van der Waals surface area contributed by atoms with Gasteiger partial charge >= 0.3 is 0 Å². The zero-order valence-corrected chi connectivity index (χ0v) is 10.9. The second kappa shape index (κ2) is 5.05. The highest BCUT2D eigenvalue weighted by Gasteiger charge is 2.53. The minimum Gasteiger partial charge on any atom is -0.377 e. The van der Waals surface area contributed by atoms with Gasteiger partial charge in [-0.1, -0.05) is 39.5 Å². The third kappa shape index (κ3) is 2.28. The molecule has 2 saturated carbocycles. The van der Waals surface area contributed by atoms with Crippen LogP contribution in [0.25, 0.3) is 0 Å². The monoisotopic (exact) mass is 225 g/mol. The average molecular weight is 225 g/mol. The van der Waals surface area contributed by atoms with Crippen molar-refractivity contribution in [2.45, 2.75) is 70.9 Å². The quantitative estimate of drug-likeness (QED) is 0.801. The Kier molecular flexibility index (Phi) is 3.91. The van der Waals surface area contributed by atoms with Gasteiger partial charge in [0, 0.05) is 18.1 Å². The van der Waals surface area contributed by atoms with E-state index in [1.54, 1.807) is 0 Å². The van der Waals surface area contributed by atoms with E-state index < -0.39 is 0 Å². The summed E-state index contributed by atoms with van der Waals surface area (Å²) in [6.45, 7) is 5.34. The zero-order chi connectivity index (χ0) is 11.6. The van der Waals surface area contributed by atoms with Crippen molar-refractivity contribution in [3.63, 3.8) is 0 Å². The normalized spacial score (nSPS) is 33.8. The van der Waals surface area contributed by atoms with E-state index in [0.717, 1.165) is 13.0 Å². The fourth-order valence-corrected chi connectivity index (χ4v) is 3.40. The molecule has 1 spiro atoms. The van der Waals surface area contributed by atoms with Crippen LogP contribution < -0.4 is 5.73 Å². The predicted molar refractivity (Wildman–Crippen MR) is 67.3 cm³/mol. The minimum absolute atomic E-state index is 0.353. The van der Waals surface area contributed by atoms with E-state index in [9.17, 15) is 0 Å². The van der Waals surface area contributed by atoms with Crippen LogP contribution in [-0.4, -0.2) is 18.8 Å². The van der Waals surface area contributed by atoms with Crippen LogP contribution in [0.2, 0.25) is 0 Å². The highest BCUT2D eigenvalue weighted by atomic mass is 16.5. The second-order valence-electron chi connectivity index (χ2n) is 6.21. The van der Waals surface area contributed by atoms with Gasteiger partial charge in [-0.3, -0.25) is 0 Å². The molecule has 2 nitrogen and oxygen atoms in total. The third-order valence-corrected chi connectivity index (χ3v) is 4.51. The molecule has 0 aliphatic heterocycles. The third-order valence-electron chi connectivity index (χ3n) is 4.51. The van der Waals surface area contributed by atoms with Crippen LogP contribution in [0.4, 0.5) is 0 Å². The molecule has 2 heteroatoms. The Balaban J connectivity index is 1.93. The van der Waals surface area contributed by atoms with E-state index in [4.69, 9.17) is 10.5 Å². The fourth-order valence-electron chi connectivity index (χ4n) is 3.40. The molecule has 2 atom stereocenters. The molecular weight excluding hydrogens is 198 g/mol. The van der Waals surface area contributed by atoms with Crippen LogP contribution in [0.1, 0.15) is 58.8 Å². The smallest absolute Gasteiger partial charge is 0.0661 e. The first-order chi connectivity index (χ1) is 7.65. The Labute approximate surface area is 99.9 Å². The van der Waals surface area contributed by atoms with Gasteiger partial charge in [-0.2, -0.15) is 0 Å². The number of hydrogen-bond acceptors (Lipinski definition) is 2. The van der Waals surface area contributed by atoms with Crippen LogP contribution in [-0.2, 0) is 4.74 Å². The van der Waals surface area contributed by atoms with Crippen molar-refractivity contribution >= 4 is 0 Å².